The zero-order valence-corrected chi connectivity index (χ0v) is 9.63. The molecule has 2 N–H and O–H groups in total. The van der Waals surface area contributed by atoms with Crippen LogP contribution in [0.25, 0.3) is 11.2 Å². The van der Waals surface area contributed by atoms with E-state index in [1.54, 1.807) is 6.33 Å². The van der Waals surface area contributed by atoms with Gasteiger partial charge in [-0.05, 0) is 0 Å². The van der Waals surface area contributed by atoms with Crippen LogP contribution in [-0.4, -0.2) is 45.8 Å². The van der Waals surface area contributed by atoms with E-state index in [2.05, 4.69) is 19.9 Å². The second-order valence-electron chi connectivity index (χ2n) is 4.03. The number of nitrogen functional groups attached to an aromatic ring is 1. The zero-order valence-electron chi connectivity index (χ0n) is 9.63. The first-order chi connectivity index (χ1) is 8.25. The van der Waals surface area contributed by atoms with E-state index >= 15 is 0 Å². The first-order valence-electron chi connectivity index (χ1n) is 5.53. The van der Waals surface area contributed by atoms with Gasteiger partial charge in [-0.2, -0.15) is 9.97 Å². The summed E-state index contributed by atoms with van der Waals surface area (Å²) in [5.74, 6) is 1.08. The third kappa shape index (κ3) is 1.68. The Morgan fingerprint density at radius 1 is 1.29 bits per heavy atom. The minimum absolute atomic E-state index is 0.280. The maximum atomic E-state index is 5.74. The molecule has 2 aromatic heterocycles. The van der Waals surface area contributed by atoms with Crippen molar-refractivity contribution in [3.05, 3.63) is 6.33 Å². The van der Waals surface area contributed by atoms with Crippen molar-refractivity contribution in [3.8, 4) is 0 Å². The Balaban J connectivity index is 2.13. The van der Waals surface area contributed by atoms with Crippen LogP contribution in [0.5, 0.6) is 0 Å². The van der Waals surface area contributed by atoms with E-state index in [1.165, 1.54) is 0 Å². The lowest BCUT2D eigenvalue weighted by Crippen LogP contribution is -2.37. The Kier molecular flexibility index (Phi) is 2.32. The number of anilines is 2. The van der Waals surface area contributed by atoms with E-state index in [-0.39, 0.29) is 5.95 Å². The number of nitrogens with two attached hydrogens (primary N) is 1. The fourth-order valence-electron chi connectivity index (χ4n) is 2.00. The van der Waals surface area contributed by atoms with Gasteiger partial charge in [0.1, 0.15) is 0 Å². The van der Waals surface area contributed by atoms with Crippen LogP contribution in [0.3, 0.4) is 0 Å². The molecule has 0 radical (unpaired) electrons. The molecular formula is C10H14N6O. The third-order valence-corrected chi connectivity index (χ3v) is 2.87. The van der Waals surface area contributed by atoms with Gasteiger partial charge < -0.3 is 19.9 Å². The fraction of sp³-hybridized carbons (Fsp3) is 0.500. The molecule has 0 aliphatic carbocycles. The van der Waals surface area contributed by atoms with Crippen molar-refractivity contribution < 1.29 is 4.74 Å². The van der Waals surface area contributed by atoms with Crippen molar-refractivity contribution in [2.45, 2.75) is 0 Å². The van der Waals surface area contributed by atoms with Crippen LogP contribution < -0.4 is 10.6 Å². The molecule has 0 aromatic carbocycles. The van der Waals surface area contributed by atoms with Crippen LogP contribution in [0.1, 0.15) is 0 Å². The zero-order chi connectivity index (χ0) is 11.8. The summed E-state index contributed by atoms with van der Waals surface area (Å²) in [6.07, 6.45) is 1.72. The van der Waals surface area contributed by atoms with Crippen LogP contribution in [0.4, 0.5) is 11.8 Å². The van der Waals surface area contributed by atoms with Gasteiger partial charge in [-0.1, -0.05) is 0 Å². The number of rotatable bonds is 1. The predicted octanol–water partition coefficient (Wildman–Crippen LogP) is -0.218. The highest BCUT2D eigenvalue weighted by Crippen LogP contribution is 2.23. The van der Waals surface area contributed by atoms with Gasteiger partial charge in [0.05, 0.1) is 19.5 Å². The van der Waals surface area contributed by atoms with Crippen molar-refractivity contribution in [2.24, 2.45) is 7.05 Å². The molecule has 0 bridgehead atoms. The molecule has 0 unspecified atom stereocenters. The highest BCUT2D eigenvalue weighted by molar-refractivity contribution is 5.84. The molecule has 0 saturated carbocycles. The van der Waals surface area contributed by atoms with Crippen molar-refractivity contribution in [1.29, 1.82) is 0 Å². The van der Waals surface area contributed by atoms with Crippen LogP contribution in [0, 0.1) is 0 Å². The van der Waals surface area contributed by atoms with E-state index in [1.807, 2.05) is 11.6 Å². The average molecular weight is 234 g/mol. The minimum atomic E-state index is 0.280. The number of imidazole rings is 1. The van der Waals surface area contributed by atoms with E-state index in [4.69, 9.17) is 10.5 Å². The van der Waals surface area contributed by atoms with E-state index < -0.39 is 0 Å². The Morgan fingerprint density at radius 3 is 2.82 bits per heavy atom. The van der Waals surface area contributed by atoms with E-state index in [9.17, 15) is 0 Å². The van der Waals surface area contributed by atoms with Crippen LogP contribution >= 0.6 is 0 Å². The Bertz CT molecular complexity index is 545. The minimum Gasteiger partial charge on any atom is -0.378 e. The van der Waals surface area contributed by atoms with Crippen LogP contribution in [0.15, 0.2) is 6.33 Å². The maximum absolute atomic E-state index is 5.74. The molecule has 0 spiro atoms. The van der Waals surface area contributed by atoms with Gasteiger partial charge in [-0.15, -0.1) is 0 Å². The number of morpholine rings is 1. The molecule has 3 heterocycles. The molecule has 1 fully saturated rings. The summed E-state index contributed by atoms with van der Waals surface area (Å²) in [6.45, 7) is 3.03. The highest BCUT2D eigenvalue weighted by Gasteiger charge is 2.18. The monoisotopic (exact) mass is 234 g/mol. The molecule has 7 nitrogen and oxygen atoms in total. The molecule has 90 valence electrons. The van der Waals surface area contributed by atoms with Crippen molar-refractivity contribution in [1.82, 2.24) is 19.5 Å². The first kappa shape index (κ1) is 10.3. The predicted molar refractivity (Wildman–Crippen MR) is 63.7 cm³/mol. The second kappa shape index (κ2) is 3.85. The largest absolute Gasteiger partial charge is 0.378 e. The van der Waals surface area contributed by atoms with Crippen molar-refractivity contribution >= 4 is 22.9 Å². The van der Waals surface area contributed by atoms with Crippen molar-refractivity contribution in [2.75, 3.05) is 36.9 Å². The quantitative estimate of drug-likeness (QED) is 0.734. The number of nitrogens with zero attached hydrogens (tertiary/aromatic N) is 5. The molecule has 1 aliphatic rings. The number of fused-ring (bicyclic) bond motifs is 1. The second-order valence-corrected chi connectivity index (χ2v) is 4.03. The van der Waals surface area contributed by atoms with Crippen LogP contribution in [-0.2, 0) is 11.8 Å². The van der Waals surface area contributed by atoms with Gasteiger partial charge in [0, 0.05) is 20.1 Å². The molecule has 3 rings (SSSR count). The summed E-state index contributed by atoms with van der Waals surface area (Å²) in [7, 11) is 1.89. The van der Waals surface area contributed by atoms with Crippen LogP contribution in [0.2, 0.25) is 0 Å². The summed E-state index contributed by atoms with van der Waals surface area (Å²) >= 11 is 0. The molecular weight excluding hydrogens is 220 g/mol. The van der Waals surface area contributed by atoms with Gasteiger partial charge in [0.15, 0.2) is 17.0 Å². The molecule has 2 aromatic rings. The maximum Gasteiger partial charge on any atom is 0.224 e. The number of ether oxygens (including phenoxy) is 1. The topological polar surface area (TPSA) is 82.1 Å². The summed E-state index contributed by atoms with van der Waals surface area (Å²) < 4.78 is 7.17. The van der Waals surface area contributed by atoms with Crippen molar-refractivity contribution in [3.63, 3.8) is 0 Å². The molecule has 0 amide bonds. The lowest BCUT2D eigenvalue weighted by atomic mass is 10.3. The van der Waals surface area contributed by atoms with Gasteiger partial charge in [0.2, 0.25) is 5.95 Å². The standard InChI is InChI=1S/C10H14N6O/c1-15-6-12-7-8(15)13-10(11)14-9(7)16-2-4-17-5-3-16/h6H,2-5H2,1H3,(H2,11,13,14). The van der Waals surface area contributed by atoms with E-state index in [0.717, 1.165) is 30.1 Å². The molecule has 7 heteroatoms. The summed E-state index contributed by atoms with van der Waals surface area (Å²) in [5.41, 5.74) is 7.30. The third-order valence-electron chi connectivity index (χ3n) is 2.87. The van der Waals surface area contributed by atoms with Gasteiger partial charge in [-0.3, -0.25) is 0 Å². The first-order valence-corrected chi connectivity index (χ1v) is 5.53. The lowest BCUT2D eigenvalue weighted by Gasteiger charge is -2.27. The van der Waals surface area contributed by atoms with E-state index in [0.29, 0.717) is 13.2 Å². The highest BCUT2D eigenvalue weighted by atomic mass is 16.5. The Labute approximate surface area is 98.2 Å². The number of aromatic nitrogens is 4. The van der Waals surface area contributed by atoms with Gasteiger partial charge in [0.25, 0.3) is 0 Å². The lowest BCUT2D eigenvalue weighted by molar-refractivity contribution is 0.122. The SMILES string of the molecule is Cn1cnc2c(N3CCOCC3)nc(N)nc21. The number of hydrogen-bond donors (Lipinski definition) is 1. The van der Waals surface area contributed by atoms with Gasteiger partial charge >= 0.3 is 0 Å². The van der Waals surface area contributed by atoms with Gasteiger partial charge in [-0.25, -0.2) is 4.98 Å². The Morgan fingerprint density at radius 2 is 2.06 bits per heavy atom. The molecule has 0 atom stereocenters. The normalized spacial score (nSPS) is 16.6. The summed E-state index contributed by atoms with van der Waals surface area (Å²) in [4.78, 5) is 15.0. The average Bonchev–Trinajstić information content (AvgIpc) is 2.72. The molecule has 1 saturated heterocycles. The molecule has 17 heavy (non-hydrogen) atoms. The molecule has 1 aliphatic heterocycles. The number of aryl methyl sites for hydroxylation is 1. The Hall–Kier alpha value is -1.89. The fourth-order valence-corrected chi connectivity index (χ4v) is 2.00. The smallest absolute Gasteiger partial charge is 0.224 e. The number of hydrogen-bond acceptors (Lipinski definition) is 6. The summed E-state index contributed by atoms with van der Waals surface area (Å²) in [5, 5.41) is 0. The summed E-state index contributed by atoms with van der Waals surface area (Å²) in [6, 6.07) is 0.